The van der Waals surface area contributed by atoms with E-state index in [1.54, 1.807) is 6.26 Å². The second-order valence-electron chi connectivity index (χ2n) is 6.37. The number of hydrogen-bond donors (Lipinski definition) is 2. The van der Waals surface area contributed by atoms with Crippen molar-refractivity contribution in [1.82, 2.24) is 9.80 Å². The maximum atomic E-state index is 11.8. The summed E-state index contributed by atoms with van der Waals surface area (Å²) in [5.74, 6) is 0.812. The third kappa shape index (κ3) is 4.24. The van der Waals surface area contributed by atoms with Gasteiger partial charge in [-0.25, -0.2) is 0 Å². The monoisotopic (exact) mass is 334 g/mol. The molecule has 0 radical (unpaired) electrons. The molecule has 0 aliphatic rings. The van der Waals surface area contributed by atoms with E-state index in [0.717, 1.165) is 18.7 Å². The summed E-state index contributed by atoms with van der Waals surface area (Å²) in [6.07, 6.45) is 2.53. The average Bonchev–Trinajstić information content (AvgIpc) is 3.05. The molecular weight excluding hydrogens is 308 g/mol. The Labute approximate surface area is 141 Å². The fraction of sp³-hybridized carbons (Fsp3) is 0.529. The Hall–Kier alpha value is -2.12. The molecule has 0 bridgehead atoms. The predicted octanol–water partition coefficient (Wildman–Crippen LogP) is 0.954. The largest absolute Gasteiger partial charge is 0.468 e. The van der Waals surface area contributed by atoms with E-state index < -0.39 is 10.9 Å². The van der Waals surface area contributed by atoms with E-state index in [9.17, 15) is 9.59 Å². The summed E-state index contributed by atoms with van der Waals surface area (Å²) in [6, 6.07) is 3.71. The number of furan rings is 1. The van der Waals surface area contributed by atoms with Crippen molar-refractivity contribution in [2.45, 2.75) is 12.5 Å². The highest BCUT2D eigenvalue weighted by Crippen LogP contribution is 2.21. The van der Waals surface area contributed by atoms with E-state index in [1.807, 2.05) is 45.2 Å². The Morgan fingerprint density at radius 3 is 2.29 bits per heavy atom. The Balaban J connectivity index is 1.96. The van der Waals surface area contributed by atoms with Crippen LogP contribution in [0.5, 0.6) is 0 Å². The van der Waals surface area contributed by atoms with E-state index in [-0.39, 0.29) is 6.04 Å². The van der Waals surface area contributed by atoms with Gasteiger partial charge >= 0.3 is 0 Å². The maximum Gasteiger partial charge on any atom is 0.253 e. The zero-order chi connectivity index (χ0) is 17.7. The molecule has 0 aliphatic carbocycles. The molecule has 7 nitrogen and oxygen atoms in total. The van der Waals surface area contributed by atoms with Gasteiger partial charge in [0, 0.05) is 13.1 Å². The van der Waals surface area contributed by atoms with E-state index in [2.05, 4.69) is 15.5 Å². The lowest BCUT2D eigenvalue weighted by Gasteiger charge is -2.24. The van der Waals surface area contributed by atoms with Crippen molar-refractivity contribution in [2.75, 3.05) is 58.5 Å². The zero-order valence-electron chi connectivity index (χ0n) is 14.8. The fourth-order valence-corrected chi connectivity index (χ4v) is 2.55. The molecule has 2 aromatic rings. The smallest absolute Gasteiger partial charge is 0.253 e. The van der Waals surface area contributed by atoms with Crippen LogP contribution in [0.4, 0.5) is 11.4 Å². The van der Waals surface area contributed by atoms with Crippen LogP contribution in [0.1, 0.15) is 18.2 Å². The maximum absolute atomic E-state index is 11.8. The van der Waals surface area contributed by atoms with Gasteiger partial charge in [-0.1, -0.05) is 0 Å². The lowest BCUT2D eigenvalue weighted by molar-refractivity contribution is 0.269. The summed E-state index contributed by atoms with van der Waals surface area (Å²) in [6.45, 7) is 2.07. The number of rotatable bonds is 10. The Morgan fingerprint density at radius 1 is 1.08 bits per heavy atom. The number of nitrogens with zero attached hydrogens (tertiary/aromatic N) is 2. The molecule has 2 rings (SSSR count). The minimum Gasteiger partial charge on any atom is -0.468 e. The van der Waals surface area contributed by atoms with Crippen molar-refractivity contribution < 1.29 is 4.42 Å². The van der Waals surface area contributed by atoms with Crippen LogP contribution < -0.4 is 21.5 Å². The lowest BCUT2D eigenvalue weighted by Crippen LogP contribution is -2.39. The summed E-state index contributed by atoms with van der Waals surface area (Å²) in [7, 11) is 7.88. The molecule has 2 N–H and O–H groups in total. The SMILES string of the molecule is CN(C)CCCNc1c(NC[C@@H](c2ccco2)N(C)C)c(=O)c1=O. The van der Waals surface area contributed by atoms with Gasteiger partial charge in [0.2, 0.25) is 0 Å². The van der Waals surface area contributed by atoms with Crippen molar-refractivity contribution in [3.8, 4) is 0 Å². The molecule has 0 fully saturated rings. The minimum absolute atomic E-state index is 0.0222. The molecule has 0 unspecified atom stereocenters. The van der Waals surface area contributed by atoms with Crippen LogP contribution in [0.15, 0.2) is 32.4 Å². The van der Waals surface area contributed by atoms with Crippen molar-refractivity contribution in [1.29, 1.82) is 0 Å². The summed E-state index contributed by atoms with van der Waals surface area (Å²) in [5, 5.41) is 6.18. The van der Waals surface area contributed by atoms with Gasteiger partial charge in [-0.15, -0.1) is 0 Å². The van der Waals surface area contributed by atoms with Crippen LogP contribution in [-0.2, 0) is 0 Å². The molecule has 24 heavy (non-hydrogen) atoms. The Kier molecular flexibility index (Phi) is 6.16. The first kappa shape index (κ1) is 18.2. The van der Waals surface area contributed by atoms with E-state index in [0.29, 0.717) is 24.5 Å². The van der Waals surface area contributed by atoms with Crippen LogP contribution in [0.3, 0.4) is 0 Å². The number of anilines is 2. The predicted molar refractivity (Wildman–Crippen MR) is 96.6 cm³/mol. The topological polar surface area (TPSA) is 77.8 Å². The van der Waals surface area contributed by atoms with Crippen LogP contribution in [0, 0.1) is 0 Å². The average molecular weight is 334 g/mol. The van der Waals surface area contributed by atoms with Crippen molar-refractivity contribution in [3.63, 3.8) is 0 Å². The number of nitrogens with one attached hydrogen (secondary N) is 2. The molecule has 1 aromatic carbocycles. The second-order valence-corrected chi connectivity index (χ2v) is 6.37. The molecule has 1 aromatic heterocycles. The summed E-state index contributed by atoms with van der Waals surface area (Å²) in [4.78, 5) is 27.7. The molecule has 1 heterocycles. The van der Waals surface area contributed by atoms with Gasteiger partial charge in [-0.2, -0.15) is 0 Å². The summed E-state index contributed by atoms with van der Waals surface area (Å²) >= 11 is 0. The highest BCUT2D eigenvalue weighted by Gasteiger charge is 2.23. The third-order valence-corrected chi connectivity index (χ3v) is 3.96. The minimum atomic E-state index is -0.456. The standard InChI is InChI=1S/C17H26N4O3/c1-20(2)9-6-8-18-14-15(17(23)16(14)22)19-11-12(21(3)4)13-7-5-10-24-13/h5,7,10,12,18-19H,6,8-9,11H2,1-4H3/t12-/m0/s1. The summed E-state index contributed by atoms with van der Waals surface area (Å²) < 4.78 is 5.45. The van der Waals surface area contributed by atoms with Crippen LogP contribution in [0.2, 0.25) is 0 Å². The van der Waals surface area contributed by atoms with Crippen LogP contribution in [0.25, 0.3) is 0 Å². The van der Waals surface area contributed by atoms with E-state index in [1.165, 1.54) is 0 Å². The zero-order valence-corrected chi connectivity index (χ0v) is 14.8. The van der Waals surface area contributed by atoms with Crippen LogP contribution >= 0.6 is 0 Å². The van der Waals surface area contributed by atoms with Gasteiger partial charge in [0.15, 0.2) is 0 Å². The molecule has 7 heteroatoms. The quantitative estimate of drug-likeness (QED) is 0.495. The number of likely N-dealkylation sites (N-methyl/N-ethyl adjacent to an activating group) is 1. The number of hydrogen-bond acceptors (Lipinski definition) is 7. The van der Waals surface area contributed by atoms with Gasteiger partial charge < -0.3 is 20.0 Å². The van der Waals surface area contributed by atoms with Gasteiger partial charge in [0.25, 0.3) is 10.9 Å². The van der Waals surface area contributed by atoms with E-state index in [4.69, 9.17) is 4.42 Å². The second kappa shape index (κ2) is 8.12. The van der Waals surface area contributed by atoms with Gasteiger partial charge in [0.1, 0.15) is 17.1 Å². The molecular formula is C17H26N4O3. The van der Waals surface area contributed by atoms with Crippen molar-refractivity contribution in [2.24, 2.45) is 0 Å². The molecule has 0 aliphatic heterocycles. The first-order valence-corrected chi connectivity index (χ1v) is 8.07. The first-order valence-electron chi connectivity index (χ1n) is 8.07. The first-order chi connectivity index (χ1) is 11.4. The Bertz CT molecular complexity index is 700. The Morgan fingerprint density at radius 2 is 1.75 bits per heavy atom. The van der Waals surface area contributed by atoms with Crippen molar-refractivity contribution in [3.05, 3.63) is 44.6 Å². The molecule has 0 amide bonds. The molecule has 0 saturated carbocycles. The third-order valence-electron chi connectivity index (χ3n) is 3.96. The molecule has 1 atom stereocenters. The van der Waals surface area contributed by atoms with E-state index >= 15 is 0 Å². The summed E-state index contributed by atoms with van der Waals surface area (Å²) in [5.41, 5.74) is -0.122. The van der Waals surface area contributed by atoms with Crippen molar-refractivity contribution >= 4 is 11.4 Å². The molecule has 0 saturated heterocycles. The van der Waals surface area contributed by atoms with Gasteiger partial charge in [-0.3, -0.25) is 14.5 Å². The highest BCUT2D eigenvalue weighted by atomic mass is 16.3. The van der Waals surface area contributed by atoms with Gasteiger partial charge in [0.05, 0.1) is 12.3 Å². The van der Waals surface area contributed by atoms with Gasteiger partial charge in [-0.05, 0) is 53.3 Å². The molecule has 0 spiro atoms. The lowest BCUT2D eigenvalue weighted by atomic mass is 10.1. The highest BCUT2D eigenvalue weighted by molar-refractivity contribution is 5.73. The molecule has 132 valence electrons. The normalized spacial score (nSPS) is 12.9. The fourth-order valence-electron chi connectivity index (χ4n) is 2.55. The van der Waals surface area contributed by atoms with Crippen LogP contribution in [-0.4, -0.2) is 57.6 Å².